The number of amides is 1. The predicted octanol–water partition coefficient (Wildman–Crippen LogP) is 3.65. The molecular weight excluding hydrogens is 355 g/mol. The van der Waals surface area contributed by atoms with Gasteiger partial charge in [-0.2, -0.15) is 18.4 Å². The van der Waals surface area contributed by atoms with Crippen LogP contribution in [-0.2, 0) is 6.18 Å². The minimum atomic E-state index is -4.70. The highest BCUT2D eigenvalue weighted by molar-refractivity contribution is 7.99. The van der Waals surface area contributed by atoms with Crippen LogP contribution in [0.25, 0.3) is 0 Å². The molecule has 0 aliphatic carbocycles. The van der Waals surface area contributed by atoms with Crippen molar-refractivity contribution in [1.29, 1.82) is 5.26 Å². The molecule has 0 saturated heterocycles. The van der Waals surface area contributed by atoms with Crippen molar-refractivity contribution in [2.75, 3.05) is 11.1 Å². The normalized spacial score (nSPS) is 11.0. The number of pyridine rings is 1. The van der Waals surface area contributed by atoms with E-state index < -0.39 is 28.9 Å². The molecular formula is C16H12F3N3O2S. The van der Waals surface area contributed by atoms with Gasteiger partial charge >= 0.3 is 6.18 Å². The Balaban J connectivity index is 2.21. The summed E-state index contributed by atoms with van der Waals surface area (Å²) in [4.78, 5) is 26.3. The third-order valence-corrected chi connectivity index (χ3v) is 4.14. The van der Waals surface area contributed by atoms with Crippen LogP contribution in [0.2, 0.25) is 0 Å². The lowest BCUT2D eigenvalue weighted by Crippen LogP contribution is -2.25. The predicted molar refractivity (Wildman–Crippen MR) is 87.4 cm³/mol. The van der Waals surface area contributed by atoms with Gasteiger partial charge in [0, 0.05) is 17.1 Å². The number of nitrogens with zero attached hydrogens (tertiary/aromatic N) is 1. The second kappa shape index (κ2) is 7.90. The molecule has 0 aliphatic rings. The van der Waals surface area contributed by atoms with Crippen LogP contribution in [0.15, 0.2) is 46.1 Å². The van der Waals surface area contributed by atoms with E-state index in [9.17, 15) is 22.8 Å². The third kappa shape index (κ3) is 4.87. The van der Waals surface area contributed by atoms with Gasteiger partial charge in [0.05, 0.1) is 11.8 Å². The second-order valence-electron chi connectivity index (χ2n) is 4.82. The van der Waals surface area contributed by atoms with Gasteiger partial charge in [-0.3, -0.25) is 9.59 Å². The molecule has 5 nitrogen and oxygen atoms in total. The lowest BCUT2D eigenvalue weighted by molar-refractivity contribution is -0.141. The van der Waals surface area contributed by atoms with E-state index in [1.807, 2.05) is 6.07 Å². The Bertz CT molecular complexity index is 872. The van der Waals surface area contributed by atoms with Crippen LogP contribution in [0.5, 0.6) is 0 Å². The number of halogens is 3. The molecule has 1 heterocycles. The molecule has 0 saturated carbocycles. The maximum absolute atomic E-state index is 12.6. The van der Waals surface area contributed by atoms with Crippen molar-refractivity contribution in [2.24, 2.45) is 0 Å². The summed E-state index contributed by atoms with van der Waals surface area (Å²) in [7, 11) is 0. The van der Waals surface area contributed by atoms with Crippen LogP contribution >= 0.6 is 11.8 Å². The SMILES string of the molecule is N#CCCSc1ccccc1NC(=O)c1ccc(C(F)(F)F)[nH]c1=O. The smallest absolute Gasteiger partial charge is 0.321 e. The zero-order valence-electron chi connectivity index (χ0n) is 12.7. The highest BCUT2D eigenvalue weighted by Gasteiger charge is 2.32. The number of carbonyl (C=O) groups is 1. The van der Waals surface area contributed by atoms with Crippen LogP contribution in [0, 0.1) is 11.3 Å². The van der Waals surface area contributed by atoms with E-state index >= 15 is 0 Å². The number of H-pyrrole nitrogens is 1. The summed E-state index contributed by atoms with van der Waals surface area (Å²) in [5, 5.41) is 11.1. The molecule has 2 N–H and O–H groups in total. The first-order chi connectivity index (χ1) is 11.8. The van der Waals surface area contributed by atoms with E-state index in [0.717, 1.165) is 6.07 Å². The average Bonchev–Trinajstić information content (AvgIpc) is 2.55. The number of carbonyl (C=O) groups excluding carboxylic acids is 1. The summed E-state index contributed by atoms with van der Waals surface area (Å²) < 4.78 is 37.7. The molecule has 0 unspecified atom stereocenters. The standard InChI is InChI=1S/C16H12F3N3O2S/c17-16(18,19)13-7-6-10(15(24)22-13)14(23)21-11-4-1-2-5-12(11)25-9-3-8-20/h1-2,4-7H,3,9H2,(H,21,23)(H,22,24). The van der Waals surface area contributed by atoms with Gasteiger partial charge in [-0.25, -0.2) is 0 Å². The zero-order chi connectivity index (χ0) is 18.4. The molecule has 0 fully saturated rings. The van der Waals surface area contributed by atoms with Gasteiger partial charge in [-0.1, -0.05) is 12.1 Å². The number of anilines is 1. The fraction of sp³-hybridized carbons (Fsp3) is 0.188. The molecule has 1 aromatic heterocycles. The Labute approximate surface area is 144 Å². The number of nitrogens with one attached hydrogen (secondary N) is 2. The van der Waals surface area contributed by atoms with E-state index in [2.05, 4.69) is 5.32 Å². The molecule has 2 rings (SSSR count). The van der Waals surface area contributed by atoms with Gasteiger partial charge in [-0.15, -0.1) is 11.8 Å². The highest BCUT2D eigenvalue weighted by atomic mass is 32.2. The van der Waals surface area contributed by atoms with Crippen LogP contribution < -0.4 is 10.9 Å². The Hall–Kier alpha value is -2.73. The van der Waals surface area contributed by atoms with Gasteiger partial charge in [-0.05, 0) is 24.3 Å². The summed E-state index contributed by atoms with van der Waals surface area (Å²) in [5.41, 5.74) is -2.36. The first kappa shape index (κ1) is 18.6. The van der Waals surface area contributed by atoms with Gasteiger partial charge in [0.2, 0.25) is 0 Å². The lowest BCUT2D eigenvalue weighted by atomic mass is 10.2. The highest BCUT2D eigenvalue weighted by Crippen LogP contribution is 2.28. The maximum atomic E-state index is 12.6. The van der Waals surface area contributed by atoms with Crippen LogP contribution in [0.1, 0.15) is 22.5 Å². The molecule has 2 aromatic rings. The van der Waals surface area contributed by atoms with Crippen molar-refractivity contribution in [3.8, 4) is 6.07 Å². The first-order valence-corrected chi connectivity index (χ1v) is 8.02. The molecule has 25 heavy (non-hydrogen) atoms. The number of aromatic amines is 1. The minimum Gasteiger partial charge on any atom is -0.321 e. The Kier molecular flexibility index (Phi) is 5.88. The molecule has 0 aliphatic heterocycles. The first-order valence-electron chi connectivity index (χ1n) is 7.03. The number of benzene rings is 1. The summed E-state index contributed by atoms with van der Waals surface area (Å²) >= 11 is 1.35. The molecule has 0 atom stereocenters. The summed E-state index contributed by atoms with van der Waals surface area (Å²) in [6.45, 7) is 0. The number of hydrogen-bond donors (Lipinski definition) is 2. The lowest BCUT2D eigenvalue weighted by Gasteiger charge is -2.11. The number of rotatable bonds is 5. The van der Waals surface area contributed by atoms with Crippen molar-refractivity contribution in [3.63, 3.8) is 0 Å². The Morgan fingerprint density at radius 3 is 2.60 bits per heavy atom. The van der Waals surface area contributed by atoms with Crippen LogP contribution in [0.4, 0.5) is 18.9 Å². The van der Waals surface area contributed by atoms with Gasteiger partial charge in [0.15, 0.2) is 0 Å². The third-order valence-electron chi connectivity index (χ3n) is 3.07. The van der Waals surface area contributed by atoms with E-state index in [1.54, 1.807) is 29.2 Å². The van der Waals surface area contributed by atoms with E-state index in [0.29, 0.717) is 28.8 Å². The topological polar surface area (TPSA) is 85.8 Å². The van der Waals surface area contributed by atoms with Crippen molar-refractivity contribution >= 4 is 23.4 Å². The molecule has 0 spiro atoms. The Morgan fingerprint density at radius 1 is 1.24 bits per heavy atom. The van der Waals surface area contributed by atoms with Crippen LogP contribution in [0.3, 0.4) is 0 Å². The van der Waals surface area contributed by atoms with Gasteiger partial charge in [0.1, 0.15) is 11.3 Å². The van der Waals surface area contributed by atoms with E-state index in [-0.39, 0.29) is 0 Å². The van der Waals surface area contributed by atoms with Gasteiger partial charge < -0.3 is 10.3 Å². The number of thioether (sulfide) groups is 1. The van der Waals surface area contributed by atoms with Gasteiger partial charge in [0.25, 0.3) is 11.5 Å². The molecule has 1 amide bonds. The van der Waals surface area contributed by atoms with Crippen molar-refractivity contribution in [3.05, 3.63) is 58.0 Å². The molecule has 1 aromatic carbocycles. The fourth-order valence-corrected chi connectivity index (χ4v) is 2.77. The minimum absolute atomic E-state index is 0.325. The largest absolute Gasteiger partial charge is 0.431 e. The Morgan fingerprint density at radius 2 is 1.96 bits per heavy atom. The zero-order valence-corrected chi connectivity index (χ0v) is 13.5. The molecule has 0 radical (unpaired) electrons. The molecule has 0 bridgehead atoms. The quantitative estimate of drug-likeness (QED) is 0.624. The summed E-state index contributed by atoms with van der Waals surface area (Å²) in [6, 6.07) is 10.2. The summed E-state index contributed by atoms with van der Waals surface area (Å²) in [5.74, 6) is -0.298. The number of alkyl halides is 3. The van der Waals surface area contributed by atoms with Crippen LogP contribution in [-0.4, -0.2) is 16.6 Å². The number of para-hydroxylation sites is 1. The monoisotopic (exact) mass is 367 g/mol. The van der Waals surface area contributed by atoms with E-state index in [4.69, 9.17) is 5.26 Å². The van der Waals surface area contributed by atoms with Crippen molar-refractivity contribution in [2.45, 2.75) is 17.5 Å². The number of aromatic nitrogens is 1. The number of hydrogen-bond acceptors (Lipinski definition) is 4. The van der Waals surface area contributed by atoms with Crippen molar-refractivity contribution in [1.82, 2.24) is 4.98 Å². The second-order valence-corrected chi connectivity index (χ2v) is 5.96. The molecule has 130 valence electrons. The maximum Gasteiger partial charge on any atom is 0.431 e. The summed E-state index contributed by atoms with van der Waals surface area (Å²) in [6.07, 6.45) is -4.37. The van der Waals surface area contributed by atoms with E-state index in [1.165, 1.54) is 11.8 Å². The molecule has 9 heteroatoms. The fourth-order valence-electron chi connectivity index (χ4n) is 1.91. The average molecular weight is 367 g/mol. The van der Waals surface area contributed by atoms with Crippen molar-refractivity contribution < 1.29 is 18.0 Å². The number of nitriles is 1.